The number of benzene rings is 1. The summed E-state index contributed by atoms with van der Waals surface area (Å²) in [4.78, 5) is 27.3. The van der Waals surface area contributed by atoms with Crippen LogP contribution < -0.4 is 5.14 Å². The Bertz CT molecular complexity index is 682. The molecule has 25 heavy (non-hydrogen) atoms. The van der Waals surface area contributed by atoms with Crippen LogP contribution in [0.2, 0.25) is 0 Å². The van der Waals surface area contributed by atoms with Crippen LogP contribution in [0.15, 0.2) is 29.2 Å². The Morgan fingerprint density at radius 2 is 1.56 bits per heavy atom. The molecule has 8 heteroatoms. The van der Waals surface area contributed by atoms with Crippen LogP contribution >= 0.6 is 0 Å². The minimum Gasteiger partial charge on any atom is -0.343 e. The van der Waals surface area contributed by atoms with E-state index in [1.807, 2.05) is 13.8 Å². The lowest BCUT2D eigenvalue weighted by Gasteiger charge is -2.23. The zero-order valence-corrected chi connectivity index (χ0v) is 15.9. The Labute approximate surface area is 149 Å². The number of sulfonamides is 1. The van der Waals surface area contributed by atoms with E-state index in [4.69, 9.17) is 5.14 Å². The van der Waals surface area contributed by atoms with Gasteiger partial charge in [-0.05, 0) is 38.0 Å². The molecule has 0 aliphatic rings. The van der Waals surface area contributed by atoms with Crippen LogP contribution in [0.3, 0.4) is 0 Å². The molecular weight excluding hydrogens is 342 g/mol. The number of amides is 2. The molecule has 0 spiro atoms. The van der Waals surface area contributed by atoms with Gasteiger partial charge in [0, 0.05) is 39.5 Å². The number of carbonyl (C=O) groups is 2. The quantitative estimate of drug-likeness (QED) is 0.701. The van der Waals surface area contributed by atoms with Crippen molar-refractivity contribution in [2.75, 3.05) is 26.2 Å². The Hall–Kier alpha value is -1.93. The highest BCUT2D eigenvalue weighted by Crippen LogP contribution is 2.10. The van der Waals surface area contributed by atoms with Crippen molar-refractivity contribution in [1.82, 2.24) is 9.80 Å². The molecule has 0 aromatic heterocycles. The van der Waals surface area contributed by atoms with E-state index in [-0.39, 0.29) is 16.7 Å². The van der Waals surface area contributed by atoms with Crippen molar-refractivity contribution in [2.24, 2.45) is 5.14 Å². The minimum atomic E-state index is -3.70. The van der Waals surface area contributed by atoms with Gasteiger partial charge in [-0.25, -0.2) is 13.6 Å². The van der Waals surface area contributed by atoms with E-state index in [1.165, 1.54) is 19.1 Å². The smallest absolute Gasteiger partial charge is 0.238 e. The predicted molar refractivity (Wildman–Crippen MR) is 96.3 cm³/mol. The zero-order valence-electron chi connectivity index (χ0n) is 15.1. The monoisotopic (exact) mass is 369 g/mol. The maximum atomic E-state index is 12.1. The molecule has 140 valence electrons. The molecule has 0 saturated carbocycles. The van der Waals surface area contributed by atoms with E-state index in [0.717, 1.165) is 5.56 Å². The fourth-order valence-electron chi connectivity index (χ4n) is 2.50. The van der Waals surface area contributed by atoms with Crippen molar-refractivity contribution in [3.63, 3.8) is 0 Å². The van der Waals surface area contributed by atoms with Crippen molar-refractivity contribution in [1.29, 1.82) is 0 Å². The summed E-state index contributed by atoms with van der Waals surface area (Å²) < 4.78 is 22.5. The van der Waals surface area contributed by atoms with Gasteiger partial charge in [-0.1, -0.05) is 12.1 Å². The third-order valence-corrected chi connectivity index (χ3v) is 5.01. The summed E-state index contributed by atoms with van der Waals surface area (Å²) in [7, 11) is -3.70. The lowest BCUT2D eigenvalue weighted by Crippen LogP contribution is -2.37. The minimum absolute atomic E-state index is 0.0359. The molecule has 2 N–H and O–H groups in total. The van der Waals surface area contributed by atoms with Crippen LogP contribution in [0.5, 0.6) is 0 Å². The Morgan fingerprint density at radius 1 is 1.00 bits per heavy atom. The van der Waals surface area contributed by atoms with Crippen LogP contribution in [0, 0.1) is 0 Å². The Kier molecular flexibility index (Phi) is 8.05. The molecule has 2 amide bonds. The third-order valence-electron chi connectivity index (χ3n) is 4.08. The first-order chi connectivity index (χ1) is 11.7. The molecule has 0 bridgehead atoms. The Morgan fingerprint density at radius 3 is 2.00 bits per heavy atom. The summed E-state index contributed by atoms with van der Waals surface area (Å²) in [6, 6.07) is 6.26. The van der Waals surface area contributed by atoms with Crippen LogP contribution in [0.1, 0.15) is 32.8 Å². The number of hydrogen-bond acceptors (Lipinski definition) is 4. The van der Waals surface area contributed by atoms with Crippen LogP contribution in [-0.2, 0) is 26.0 Å². The second-order valence-corrected chi connectivity index (χ2v) is 7.32. The maximum Gasteiger partial charge on any atom is 0.238 e. The predicted octanol–water partition coefficient (Wildman–Crippen LogP) is 0.984. The number of nitrogens with zero attached hydrogens (tertiary/aromatic N) is 2. The average Bonchev–Trinajstić information content (AvgIpc) is 2.55. The third kappa shape index (κ3) is 6.83. The summed E-state index contributed by atoms with van der Waals surface area (Å²) in [5.74, 6) is -0.0535. The molecule has 0 radical (unpaired) electrons. The largest absolute Gasteiger partial charge is 0.343 e. The first kappa shape index (κ1) is 21.1. The maximum absolute atomic E-state index is 12.1. The van der Waals surface area contributed by atoms with E-state index < -0.39 is 10.0 Å². The number of primary sulfonamides is 1. The van der Waals surface area contributed by atoms with Crippen molar-refractivity contribution < 1.29 is 18.0 Å². The fraction of sp³-hybridized carbons (Fsp3) is 0.529. The van der Waals surface area contributed by atoms with Crippen LogP contribution in [0.4, 0.5) is 0 Å². The van der Waals surface area contributed by atoms with Crippen LogP contribution in [0.25, 0.3) is 0 Å². The summed E-state index contributed by atoms with van der Waals surface area (Å²) in [5, 5.41) is 5.07. The first-order valence-corrected chi connectivity index (χ1v) is 9.88. The van der Waals surface area contributed by atoms with E-state index in [1.54, 1.807) is 21.9 Å². The van der Waals surface area contributed by atoms with Gasteiger partial charge >= 0.3 is 0 Å². The van der Waals surface area contributed by atoms with Gasteiger partial charge in [-0.2, -0.15) is 0 Å². The number of hydrogen-bond donors (Lipinski definition) is 1. The number of nitrogens with two attached hydrogens (primary N) is 1. The second-order valence-electron chi connectivity index (χ2n) is 5.76. The Balaban J connectivity index is 2.61. The van der Waals surface area contributed by atoms with Gasteiger partial charge < -0.3 is 9.80 Å². The summed E-state index contributed by atoms with van der Waals surface area (Å²) >= 11 is 0. The first-order valence-electron chi connectivity index (χ1n) is 8.34. The molecular formula is C17H27N3O4S. The van der Waals surface area contributed by atoms with E-state index >= 15 is 0 Å². The lowest BCUT2D eigenvalue weighted by molar-refractivity contribution is -0.133. The van der Waals surface area contributed by atoms with Gasteiger partial charge in [-0.15, -0.1) is 0 Å². The molecule has 0 aliphatic carbocycles. The van der Waals surface area contributed by atoms with E-state index in [9.17, 15) is 18.0 Å². The number of rotatable bonds is 9. The zero-order chi connectivity index (χ0) is 19.0. The van der Waals surface area contributed by atoms with Crippen molar-refractivity contribution in [3.05, 3.63) is 29.8 Å². The second kappa shape index (κ2) is 9.53. The normalized spacial score (nSPS) is 11.2. The average molecular weight is 369 g/mol. The fourth-order valence-corrected chi connectivity index (χ4v) is 3.02. The molecule has 0 unspecified atom stereocenters. The van der Waals surface area contributed by atoms with Crippen LogP contribution in [-0.4, -0.2) is 56.2 Å². The molecule has 1 aromatic carbocycles. The van der Waals surface area contributed by atoms with Gasteiger partial charge in [0.2, 0.25) is 21.8 Å². The number of carbonyl (C=O) groups excluding carboxylic acids is 2. The molecule has 0 fully saturated rings. The van der Waals surface area contributed by atoms with Gasteiger partial charge in [0.25, 0.3) is 0 Å². The van der Waals surface area contributed by atoms with Crippen molar-refractivity contribution in [2.45, 2.75) is 38.5 Å². The van der Waals surface area contributed by atoms with Crippen molar-refractivity contribution >= 4 is 21.8 Å². The molecule has 0 heterocycles. The molecule has 0 aliphatic heterocycles. The SMILES string of the molecule is CCN(CC)C(=O)CCN(CCc1ccc(S(N)(=O)=O)cc1)C(C)=O. The molecule has 1 rings (SSSR count). The highest BCUT2D eigenvalue weighted by molar-refractivity contribution is 7.89. The molecule has 1 aromatic rings. The van der Waals surface area contributed by atoms with E-state index in [2.05, 4.69) is 0 Å². The van der Waals surface area contributed by atoms with Gasteiger partial charge in [0.1, 0.15) is 0 Å². The van der Waals surface area contributed by atoms with Gasteiger partial charge in [0.15, 0.2) is 0 Å². The summed E-state index contributed by atoms with van der Waals surface area (Å²) in [6.07, 6.45) is 0.871. The van der Waals surface area contributed by atoms with Gasteiger partial charge in [-0.3, -0.25) is 9.59 Å². The summed E-state index contributed by atoms with van der Waals surface area (Å²) in [5.41, 5.74) is 0.897. The molecule has 0 atom stereocenters. The lowest BCUT2D eigenvalue weighted by atomic mass is 10.1. The molecule has 0 saturated heterocycles. The van der Waals surface area contributed by atoms with Gasteiger partial charge in [0.05, 0.1) is 4.90 Å². The van der Waals surface area contributed by atoms with E-state index in [0.29, 0.717) is 39.0 Å². The topological polar surface area (TPSA) is 101 Å². The standard InChI is InChI=1S/C17H27N3O4S/c1-4-19(5-2)17(22)11-13-20(14(3)21)12-10-15-6-8-16(9-7-15)25(18,23)24/h6-9H,4-5,10-13H2,1-3H3,(H2,18,23,24). The highest BCUT2D eigenvalue weighted by atomic mass is 32.2. The molecule has 7 nitrogen and oxygen atoms in total. The summed E-state index contributed by atoms with van der Waals surface area (Å²) in [6.45, 7) is 7.49. The highest BCUT2D eigenvalue weighted by Gasteiger charge is 2.14. The van der Waals surface area contributed by atoms with Crippen molar-refractivity contribution in [3.8, 4) is 0 Å².